The lowest BCUT2D eigenvalue weighted by Gasteiger charge is -2.23. The Hall–Kier alpha value is -0.250. The van der Waals surface area contributed by atoms with Crippen LogP contribution in [0.4, 0.5) is 4.39 Å². The van der Waals surface area contributed by atoms with Crippen molar-refractivity contribution in [2.75, 3.05) is 11.5 Å². The highest BCUT2D eigenvalue weighted by molar-refractivity contribution is 7.99. The Labute approximate surface area is 75.5 Å². The Balaban J connectivity index is 2.29. The summed E-state index contributed by atoms with van der Waals surface area (Å²) in [7, 11) is 0. The average molecular weight is 192 g/mol. The summed E-state index contributed by atoms with van der Waals surface area (Å²) in [6.45, 7) is 0. The lowest BCUT2D eigenvalue weighted by atomic mass is 9.98. The molecule has 0 radical (unpaired) electrons. The van der Waals surface area contributed by atoms with E-state index in [-0.39, 0.29) is 12.3 Å². The number of hydrogen-bond donors (Lipinski definition) is 1. The van der Waals surface area contributed by atoms with Gasteiger partial charge >= 0.3 is 5.97 Å². The summed E-state index contributed by atoms with van der Waals surface area (Å²) >= 11 is 1.73. The van der Waals surface area contributed by atoms with E-state index in [2.05, 4.69) is 0 Å². The molecule has 2 unspecified atom stereocenters. The zero-order valence-electron chi connectivity index (χ0n) is 6.83. The fourth-order valence-electron chi connectivity index (χ4n) is 1.38. The third-order valence-electron chi connectivity index (χ3n) is 2.08. The van der Waals surface area contributed by atoms with Crippen LogP contribution >= 0.6 is 11.8 Å². The highest BCUT2D eigenvalue weighted by Crippen LogP contribution is 2.28. The van der Waals surface area contributed by atoms with Crippen molar-refractivity contribution in [3.8, 4) is 0 Å². The molecule has 2 atom stereocenters. The Morgan fingerprint density at radius 3 is 3.00 bits per heavy atom. The molecule has 0 aromatic rings. The molecule has 1 rings (SSSR count). The van der Waals surface area contributed by atoms with Crippen molar-refractivity contribution in [1.82, 2.24) is 0 Å². The predicted octanol–water partition coefficient (Wildman–Crippen LogP) is 1.94. The van der Waals surface area contributed by atoms with Gasteiger partial charge < -0.3 is 5.11 Å². The average Bonchev–Trinajstić information content (AvgIpc) is 2.05. The second kappa shape index (κ2) is 4.70. The van der Waals surface area contributed by atoms with E-state index in [9.17, 15) is 9.18 Å². The Bertz CT molecular complexity index is 157. The van der Waals surface area contributed by atoms with Crippen LogP contribution in [0.3, 0.4) is 0 Å². The quantitative estimate of drug-likeness (QED) is 0.742. The largest absolute Gasteiger partial charge is 0.481 e. The van der Waals surface area contributed by atoms with Gasteiger partial charge in [-0.3, -0.25) is 4.79 Å². The van der Waals surface area contributed by atoms with Crippen molar-refractivity contribution in [3.05, 3.63) is 0 Å². The van der Waals surface area contributed by atoms with Crippen LogP contribution in [-0.4, -0.2) is 28.8 Å². The van der Waals surface area contributed by atoms with Gasteiger partial charge in [0, 0.05) is 0 Å². The summed E-state index contributed by atoms with van der Waals surface area (Å²) in [4.78, 5) is 10.2. The number of thioether (sulfide) groups is 1. The fourth-order valence-corrected chi connectivity index (χ4v) is 2.60. The van der Waals surface area contributed by atoms with E-state index < -0.39 is 12.1 Å². The van der Waals surface area contributed by atoms with E-state index in [1.54, 1.807) is 11.8 Å². The van der Waals surface area contributed by atoms with Crippen LogP contribution in [0, 0.1) is 5.92 Å². The lowest BCUT2D eigenvalue weighted by Crippen LogP contribution is -2.24. The molecule has 12 heavy (non-hydrogen) atoms. The van der Waals surface area contributed by atoms with Gasteiger partial charge in [0.25, 0.3) is 0 Å². The molecule has 1 aliphatic rings. The predicted molar refractivity (Wildman–Crippen MR) is 47.2 cm³/mol. The summed E-state index contributed by atoms with van der Waals surface area (Å²) in [5.41, 5.74) is 0. The molecule has 0 amide bonds. The second-order valence-electron chi connectivity index (χ2n) is 3.09. The van der Waals surface area contributed by atoms with Crippen molar-refractivity contribution < 1.29 is 14.3 Å². The first-order valence-electron chi connectivity index (χ1n) is 4.13. The molecule has 1 N–H and O–H groups in total. The molecule has 0 aromatic carbocycles. The molecule has 0 bridgehead atoms. The molecule has 0 saturated carbocycles. The third-order valence-corrected chi connectivity index (χ3v) is 3.32. The molecule has 1 aliphatic heterocycles. The third kappa shape index (κ3) is 3.01. The van der Waals surface area contributed by atoms with Gasteiger partial charge in [0.1, 0.15) is 6.17 Å². The SMILES string of the molecule is O=C(O)CC(F)C1CCCSC1. The summed E-state index contributed by atoms with van der Waals surface area (Å²) in [5, 5.41) is 8.37. The second-order valence-corrected chi connectivity index (χ2v) is 4.24. The number of carboxylic acid groups (broad SMARTS) is 1. The van der Waals surface area contributed by atoms with Crippen molar-refractivity contribution in [1.29, 1.82) is 0 Å². The van der Waals surface area contributed by atoms with Gasteiger partial charge in [-0.05, 0) is 30.3 Å². The topological polar surface area (TPSA) is 37.3 Å². The maximum Gasteiger partial charge on any atom is 0.306 e. The maximum absolute atomic E-state index is 13.1. The molecular weight excluding hydrogens is 179 g/mol. The van der Waals surface area contributed by atoms with Crippen molar-refractivity contribution in [3.63, 3.8) is 0 Å². The van der Waals surface area contributed by atoms with E-state index >= 15 is 0 Å². The molecule has 1 saturated heterocycles. The number of carbonyl (C=O) groups is 1. The summed E-state index contributed by atoms with van der Waals surface area (Å²) in [6.07, 6.45) is 0.400. The number of carboxylic acids is 1. The highest BCUT2D eigenvalue weighted by atomic mass is 32.2. The molecule has 1 fully saturated rings. The zero-order valence-corrected chi connectivity index (χ0v) is 7.65. The smallest absolute Gasteiger partial charge is 0.306 e. The van der Waals surface area contributed by atoms with Gasteiger partial charge in [0.2, 0.25) is 0 Å². The van der Waals surface area contributed by atoms with Gasteiger partial charge in [0.05, 0.1) is 6.42 Å². The summed E-state index contributed by atoms with van der Waals surface area (Å²) in [5.74, 6) is 0.822. The van der Waals surface area contributed by atoms with Crippen LogP contribution in [0.2, 0.25) is 0 Å². The number of aliphatic carboxylic acids is 1. The maximum atomic E-state index is 13.1. The van der Waals surface area contributed by atoms with Crippen LogP contribution in [0.25, 0.3) is 0 Å². The minimum Gasteiger partial charge on any atom is -0.481 e. The number of alkyl halides is 1. The minimum atomic E-state index is -1.14. The normalized spacial score (nSPS) is 26.6. The van der Waals surface area contributed by atoms with E-state index in [0.29, 0.717) is 0 Å². The summed E-state index contributed by atoms with van der Waals surface area (Å²) < 4.78 is 13.1. The van der Waals surface area contributed by atoms with E-state index in [1.807, 2.05) is 0 Å². The van der Waals surface area contributed by atoms with Gasteiger partial charge in [-0.1, -0.05) is 0 Å². The van der Waals surface area contributed by atoms with Crippen molar-refractivity contribution in [2.45, 2.75) is 25.4 Å². The molecule has 1 heterocycles. The van der Waals surface area contributed by atoms with Crippen LogP contribution in [0.15, 0.2) is 0 Å². The molecule has 0 aliphatic carbocycles. The standard InChI is InChI=1S/C8H13FO2S/c9-7(4-8(10)11)6-2-1-3-12-5-6/h6-7H,1-5H2,(H,10,11). The molecule has 70 valence electrons. The molecule has 4 heteroatoms. The Kier molecular flexibility index (Phi) is 3.85. The molecule has 0 aromatic heterocycles. The highest BCUT2D eigenvalue weighted by Gasteiger charge is 2.25. The first kappa shape index (κ1) is 9.84. The van der Waals surface area contributed by atoms with E-state index in [4.69, 9.17) is 5.11 Å². The van der Waals surface area contributed by atoms with E-state index in [0.717, 1.165) is 24.3 Å². The molecule has 0 spiro atoms. The van der Waals surface area contributed by atoms with Gasteiger partial charge in [-0.25, -0.2) is 4.39 Å². The van der Waals surface area contributed by atoms with Gasteiger partial charge in [-0.15, -0.1) is 0 Å². The lowest BCUT2D eigenvalue weighted by molar-refractivity contribution is -0.138. The monoisotopic (exact) mass is 192 g/mol. The first-order chi connectivity index (χ1) is 5.70. The van der Waals surface area contributed by atoms with Gasteiger partial charge in [0.15, 0.2) is 0 Å². The van der Waals surface area contributed by atoms with Crippen molar-refractivity contribution in [2.24, 2.45) is 5.92 Å². The van der Waals surface area contributed by atoms with Crippen LogP contribution in [-0.2, 0) is 4.79 Å². The number of halogens is 1. The fraction of sp³-hybridized carbons (Fsp3) is 0.875. The molecular formula is C8H13FO2S. The zero-order chi connectivity index (χ0) is 8.97. The van der Waals surface area contributed by atoms with Crippen LogP contribution < -0.4 is 0 Å². The minimum absolute atomic E-state index is 0.0279. The van der Waals surface area contributed by atoms with Crippen LogP contribution in [0.1, 0.15) is 19.3 Å². The summed E-state index contributed by atoms with van der Waals surface area (Å²) in [6, 6.07) is 0. The number of hydrogen-bond acceptors (Lipinski definition) is 2. The number of rotatable bonds is 3. The molecule has 2 nitrogen and oxygen atoms in total. The van der Waals surface area contributed by atoms with Crippen LogP contribution in [0.5, 0.6) is 0 Å². The van der Waals surface area contributed by atoms with Crippen molar-refractivity contribution >= 4 is 17.7 Å². The van der Waals surface area contributed by atoms with E-state index in [1.165, 1.54) is 0 Å². The van der Waals surface area contributed by atoms with Gasteiger partial charge in [-0.2, -0.15) is 11.8 Å². The Morgan fingerprint density at radius 1 is 1.75 bits per heavy atom. The Morgan fingerprint density at radius 2 is 2.50 bits per heavy atom. The first-order valence-corrected chi connectivity index (χ1v) is 5.29.